The molecule has 0 aromatic heterocycles. The summed E-state index contributed by atoms with van der Waals surface area (Å²) in [5, 5.41) is 2.90. The van der Waals surface area contributed by atoms with Crippen LogP contribution in [0.2, 0.25) is 0 Å². The number of esters is 1. The zero-order valence-electron chi connectivity index (χ0n) is 14.7. The van der Waals surface area contributed by atoms with Crippen LogP contribution >= 0.6 is 0 Å². The summed E-state index contributed by atoms with van der Waals surface area (Å²) in [6, 6.07) is 0.278. The number of ketones is 1. The van der Waals surface area contributed by atoms with Crippen molar-refractivity contribution in [3.8, 4) is 0 Å². The molecule has 0 aliphatic carbocycles. The van der Waals surface area contributed by atoms with Crippen molar-refractivity contribution >= 4 is 11.8 Å². The number of carbonyl (C=O) groups excluding carboxylic acids is 2. The lowest BCUT2D eigenvalue weighted by atomic mass is 9.98. The summed E-state index contributed by atoms with van der Waals surface area (Å²) < 4.78 is 45.9. The summed E-state index contributed by atoms with van der Waals surface area (Å²) in [6.45, 7) is 6.47. The fourth-order valence-corrected chi connectivity index (χ4v) is 2.28. The van der Waals surface area contributed by atoms with Gasteiger partial charge in [-0.1, -0.05) is 13.8 Å². The number of hydrogen-bond donors (Lipinski definition) is 1. The molecule has 0 aliphatic heterocycles. The van der Waals surface area contributed by atoms with Gasteiger partial charge in [0.2, 0.25) is 5.78 Å². The smallest absolute Gasteiger partial charge is 0.343 e. The summed E-state index contributed by atoms with van der Waals surface area (Å²) in [4.78, 5) is 24.7. The van der Waals surface area contributed by atoms with Crippen LogP contribution < -0.4 is 5.32 Å². The third-order valence-corrected chi connectivity index (χ3v) is 3.82. The van der Waals surface area contributed by atoms with Gasteiger partial charge in [-0.3, -0.25) is 4.79 Å². The highest BCUT2D eigenvalue weighted by atomic mass is 19.2. The minimum atomic E-state index is -1.40. The van der Waals surface area contributed by atoms with E-state index < -0.39 is 45.9 Å². The van der Waals surface area contributed by atoms with Gasteiger partial charge in [0.25, 0.3) is 0 Å². The second kappa shape index (κ2) is 9.25. The fraction of sp³-hybridized carbons (Fsp3) is 0.444. The third kappa shape index (κ3) is 4.84. The van der Waals surface area contributed by atoms with E-state index in [-0.39, 0.29) is 18.7 Å². The van der Waals surface area contributed by atoms with E-state index in [2.05, 4.69) is 5.32 Å². The zero-order chi connectivity index (χ0) is 19.1. The molecular formula is C18H22F3NO3. The molecule has 0 bridgehead atoms. The maximum Gasteiger partial charge on any atom is 0.343 e. The van der Waals surface area contributed by atoms with Crippen LogP contribution in [0.4, 0.5) is 13.2 Å². The molecule has 0 aliphatic rings. The van der Waals surface area contributed by atoms with Gasteiger partial charge in [0, 0.05) is 23.9 Å². The van der Waals surface area contributed by atoms with E-state index in [1.807, 2.05) is 13.8 Å². The van der Waals surface area contributed by atoms with E-state index in [0.29, 0.717) is 0 Å². The second-order valence-corrected chi connectivity index (χ2v) is 5.44. The molecule has 1 N–H and O–H groups in total. The Bertz CT molecular complexity index is 683. The van der Waals surface area contributed by atoms with E-state index >= 15 is 0 Å². The number of Topliss-reactive ketones (excluding diaryl/α,β-unsaturated/α-hetero) is 1. The monoisotopic (exact) mass is 357 g/mol. The van der Waals surface area contributed by atoms with Gasteiger partial charge in [-0.2, -0.15) is 0 Å². The summed E-state index contributed by atoms with van der Waals surface area (Å²) in [5.74, 6) is -6.00. The molecule has 0 saturated heterocycles. The number of benzene rings is 1. The quantitative estimate of drug-likeness (QED) is 0.192. The molecule has 0 spiro atoms. The first-order valence-electron chi connectivity index (χ1n) is 8.10. The van der Waals surface area contributed by atoms with Crippen molar-refractivity contribution in [3.63, 3.8) is 0 Å². The van der Waals surface area contributed by atoms with Crippen molar-refractivity contribution in [1.82, 2.24) is 5.32 Å². The van der Waals surface area contributed by atoms with Crippen LogP contribution in [-0.4, -0.2) is 24.4 Å². The normalized spacial score (nSPS) is 11.6. The van der Waals surface area contributed by atoms with Crippen molar-refractivity contribution in [1.29, 1.82) is 0 Å². The number of rotatable bonds is 8. The minimum Gasteiger partial charge on any atom is -0.462 e. The van der Waals surface area contributed by atoms with Gasteiger partial charge in [0.1, 0.15) is 11.4 Å². The van der Waals surface area contributed by atoms with E-state index in [0.717, 1.165) is 26.0 Å². The Hall–Kier alpha value is -2.31. The summed E-state index contributed by atoms with van der Waals surface area (Å²) >= 11 is 0. The molecule has 1 aromatic rings. The third-order valence-electron chi connectivity index (χ3n) is 3.82. The lowest BCUT2D eigenvalue weighted by Gasteiger charge is -2.15. The van der Waals surface area contributed by atoms with Crippen molar-refractivity contribution in [2.24, 2.45) is 0 Å². The van der Waals surface area contributed by atoms with Crippen LogP contribution in [0.5, 0.6) is 0 Å². The van der Waals surface area contributed by atoms with Gasteiger partial charge < -0.3 is 10.1 Å². The Balaban J connectivity index is 3.36. The maximum absolute atomic E-state index is 14.1. The molecule has 7 heteroatoms. The second-order valence-electron chi connectivity index (χ2n) is 5.44. The van der Waals surface area contributed by atoms with Crippen LogP contribution in [0.15, 0.2) is 17.8 Å². The van der Waals surface area contributed by atoms with Crippen LogP contribution in [0, 0.1) is 24.4 Å². The Labute approximate surface area is 145 Å². The highest BCUT2D eigenvalue weighted by molar-refractivity contribution is 6.24. The molecule has 0 heterocycles. The van der Waals surface area contributed by atoms with Crippen molar-refractivity contribution in [2.75, 3.05) is 6.61 Å². The highest BCUT2D eigenvalue weighted by Gasteiger charge is 2.28. The first-order valence-corrected chi connectivity index (χ1v) is 8.10. The standard InChI is InChI=1S/C18H22F3NO3/c1-5-11(6-2)22-9-12(18(24)25-7-3)17(23)15-10(4)16(21)14(20)8-13(15)19/h8-9,11,22H,5-7H2,1-4H3/b12-9-. The molecule has 0 saturated carbocycles. The van der Waals surface area contributed by atoms with E-state index in [1.54, 1.807) is 6.92 Å². The molecule has 0 atom stereocenters. The minimum absolute atomic E-state index is 0.00637. The molecule has 138 valence electrons. The molecule has 0 amide bonds. The Morgan fingerprint density at radius 2 is 1.76 bits per heavy atom. The molecular weight excluding hydrogens is 335 g/mol. The molecule has 25 heavy (non-hydrogen) atoms. The summed E-state index contributed by atoms with van der Waals surface area (Å²) in [5.41, 5.74) is -1.66. The van der Waals surface area contributed by atoms with E-state index in [1.165, 1.54) is 0 Å². The average Bonchev–Trinajstić information content (AvgIpc) is 2.57. The first-order chi connectivity index (χ1) is 11.8. The largest absolute Gasteiger partial charge is 0.462 e. The van der Waals surface area contributed by atoms with E-state index in [9.17, 15) is 22.8 Å². The first kappa shape index (κ1) is 20.7. The fourth-order valence-electron chi connectivity index (χ4n) is 2.28. The molecule has 0 unspecified atom stereocenters. The predicted octanol–water partition coefficient (Wildman–Crippen LogP) is 3.82. The topological polar surface area (TPSA) is 55.4 Å². The number of hydrogen-bond acceptors (Lipinski definition) is 4. The Morgan fingerprint density at radius 1 is 1.16 bits per heavy atom. The van der Waals surface area contributed by atoms with Crippen molar-refractivity contribution < 1.29 is 27.5 Å². The zero-order valence-corrected chi connectivity index (χ0v) is 14.7. The molecule has 1 rings (SSSR count). The predicted molar refractivity (Wildman–Crippen MR) is 87.6 cm³/mol. The van der Waals surface area contributed by atoms with Crippen LogP contribution in [0.3, 0.4) is 0 Å². The van der Waals surface area contributed by atoms with Crippen LogP contribution in [-0.2, 0) is 9.53 Å². The van der Waals surface area contributed by atoms with Crippen LogP contribution in [0.1, 0.15) is 49.5 Å². The van der Waals surface area contributed by atoms with Crippen molar-refractivity contribution in [2.45, 2.75) is 46.6 Å². The molecule has 1 aromatic carbocycles. The highest BCUT2D eigenvalue weighted by Crippen LogP contribution is 2.23. The van der Waals surface area contributed by atoms with Gasteiger partial charge in [-0.25, -0.2) is 18.0 Å². The SMILES string of the molecule is CCOC(=O)/C(=C\NC(CC)CC)C(=O)c1c(F)cc(F)c(F)c1C. The van der Waals surface area contributed by atoms with Crippen molar-refractivity contribution in [3.05, 3.63) is 46.4 Å². The molecule has 0 fully saturated rings. The van der Waals surface area contributed by atoms with Gasteiger partial charge >= 0.3 is 5.97 Å². The Kier molecular flexibility index (Phi) is 7.67. The Morgan fingerprint density at radius 3 is 2.28 bits per heavy atom. The van der Waals surface area contributed by atoms with Gasteiger partial charge in [-0.05, 0) is 26.7 Å². The van der Waals surface area contributed by atoms with Gasteiger partial charge in [-0.15, -0.1) is 0 Å². The lowest BCUT2D eigenvalue weighted by Crippen LogP contribution is -2.27. The van der Waals surface area contributed by atoms with Gasteiger partial charge in [0.05, 0.1) is 12.2 Å². The van der Waals surface area contributed by atoms with E-state index in [4.69, 9.17) is 4.74 Å². The number of halogens is 3. The summed E-state index contributed by atoms with van der Waals surface area (Å²) in [7, 11) is 0. The van der Waals surface area contributed by atoms with Crippen LogP contribution in [0.25, 0.3) is 0 Å². The maximum atomic E-state index is 14.1. The number of carbonyl (C=O) groups is 2. The average molecular weight is 357 g/mol. The summed E-state index contributed by atoms with van der Waals surface area (Å²) in [6.07, 6.45) is 2.61. The number of ether oxygens (including phenoxy) is 1. The molecule has 4 nitrogen and oxygen atoms in total. The molecule has 0 radical (unpaired) electrons. The number of nitrogens with one attached hydrogen (secondary N) is 1. The van der Waals surface area contributed by atoms with Gasteiger partial charge in [0.15, 0.2) is 11.6 Å². The lowest BCUT2D eigenvalue weighted by molar-refractivity contribution is -0.138.